The molecule has 5 nitrogen and oxygen atoms in total. The number of nitrogens with zero attached hydrogens (tertiary/aromatic N) is 2. The van der Waals surface area contributed by atoms with Crippen LogP contribution in [0.15, 0.2) is 0 Å². The van der Waals surface area contributed by atoms with Gasteiger partial charge in [0.15, 0.2) is 0 Å². The first kappa shape index (κ1) is 16.2. The van der Waals surface area contributed by atoms with E-state index in [1.165, 1.54) is 32.5 Å². The van der Waals surface area contributed by atoms with Gasteiger partial charge in [-0.2, -0.15) is 0 Å². The second kappa shape index (κ2) is 7.18. The average Bonchev–Trinajstić information content (AvgIpc) is 2.86. The zero-order valence-corrected chi connectivity index (χ0v) is 13.3. The second-order valence-corrected chi connectivity index (χ2v) is 6.33. The lowest BCUT2D eigenvalue weighted by atomic mass is 9.76. The molecule has 0 radical (unpaired) electrons. The van der Waals surface area contributed by atoms with Gasteiger partial charge in [0, 0.05) is 45.4 Å². The topological polar surface area (TPSA) is 51.0 Å². The van der Waals surface area contributed by atoms with Gasteiger partial charge in [-0.3, -0.25) is 4.90 Å². The van der Waals surface area contributed by atoms with Crippen LogP contribution in [-0.4, -0.2) is 81.5 Å². The Labute approximate surface area is 123 Å². The predicted molar refractivity (Wildman–Crippen MR) is 80.9 cm³/mol. The molecule has 2 saturated heterocycles. The van der Waals surface area contributed by atoms with Crippen molar-refractivity contribution in [2.45, 2.75) is 31.3 Å². The van der Waals surface area contributed by atoms with E-state index in [1.807, 2.05) is 0 Å². The quantitative estimate of drug-likeness (QED) is 0.699. The molecular weight excluding hydrogens is 254 g/mol. The van der Waals surface area contributed by atoms with Crippen molar-refractivity contribution < 1.29 is 9.47 Å². The summed E-state index contributed by atoms with van der Waals surface area (Å²) in [6.07, 6.45) is 2.45. The first-order valence-electron chi connectivity index (χ1n) is 7.85. The summed E-state index contributed by atoms with van der Waals surface area (Å²) in [5.74, 6) is 0.692. The summed E-state index contributed by atoms with van der Waals surface area (Å²) in [6.45, 7) is 9.06. The summed E-state index contributed by atoms with van der Waals surface area (Å²) in [4.78, 5) is 5.15. The molecule has 20 heavy (non-hydrogen) atoms. The van der Waals surface area contributed by atoms with E-state index in [0.717, 1.165) is 26.3 Å². The van der Waals surface area contributed by atoms with Crippen molar-refractivity contribution in [1.82, 2.24) is 9.80 Å². The van der Waals surface area contributed by atoms with Gasteiger partial charge in [-0.05, 0) is 38.8 Å². The molecular formula is C15H31N3O2. The maximum absolute atomic E-state index is 6.29. The average molecular weight is 285 g/mol. The molecule has 2 heterocycles. The van der Waals surface area contributed by atoms with Crippen molar-refractivity contribution in [3.05, 3.63) is 0 Å². The van der Waals surface area contributed by atoms with E-state index >= 15 is 0 Å². The lowest BCUT2D eigenvalue weighted by Gasteiger charge is -2.52. The van der Waals surface area contributed by atoms with E-state index < -0.39 is 0 Å². The van der Waals surface area contributed by atoms with Crippen LogP contribution in [0.4, 0.5) is 0 Å². The van der Waals surface area contributed by atoms with Crippen molar-refractivity contribution in [2.24, 2.45) is 11.7 Å². The molecule has 0 aromatic rings. The number of ether oxygens (including phenoxy) is 2. The standard InChI is InChI=1S/C15H31N3O2/c1-13(11-20-3)18(8-9-19-2)15(12-16)5-7-17-6-4-14(15)10-17/h13-14H,4-12,16H2,1-3H3. The van der Waals surface area contributed by atoms with Gasteiger partial charge in [0.25, 0.3) is 0 Å². The Balaban J connectivity index is 2.18. The Hall–Kier alpha value is -0.200. The number of methoxy groups -OCH3 is 2. The number of nitrogens with two attached hydrogens (primary N) is 1. The fraction of sp³-hybridized carbons (Fsp3) is 1.00. The van der Waals surface area contributed by atoms with Gasteiger partial charge in [-0.15, -0.1) is 0 Å². The molecule has 0 aromatic carbocycles. The minimum Gasteiger partial charge on any atom is -0.383 e. The van der Waals surface area contributed by atoms with Gasteiger partial charge in [0.2, 0.25) is 0 Å². The third kappa shape index (κ3) is 3.02. The predicted octanol–water partition coefficient (Wildman–Crippen LogP) is 0.393. The normalized spacial score (nSPS) is 34.6. The molecule has 2 bridgehead atoms. The van der Waals surface area contributed by atoms with Crippen molar-refractivity contribution >= 4 is 0 Å². The molecule has 118 valence electrons. The summed E-state index contributed by atoms with van der Waals surface area (Å²) < 4.78 is 10.7. The Morgan fingerprint density at radius 3 is 2.80 bits per heavy atom. The highest BCUT2D eigenvalue weighted by atomic mass is 16.5. The lowest BCUT2D eigenvalue weighted by molar-refractivity contribution is -0.0473. The van der Waals surface area contributed by atoms with Crippen molar-refractivity contribution in [3.63, 3.8) is 0 Å². The highest BCUT2D eigenvalue weighted by Crippen LogP contribution is 2.40. The van der Waals surface area contributed by atoms with Crippen molar-refractivity contribution in [3.8, 4) is 0 Å². The SMILES string of the molecule is COCCN(C(C)COC)C1(CN)CCN2CCC1C2. The molecule has 2 N–H and O–H groups in total. The molecule has 0 aromatic heterocycles. The zero-order chi connectivity index (χ0) is 14.6. The van der Waals surface area contributed by atoms with Crippen molar-refractivity contribution in [2.75, 3.05) is 60.2 Å². The summed E-state index contributed by atoms with van der Waals surface area (Å²) in [7, 11) is 3.55. The Morgan fingerprint density at radius 2 is 2.15 bits per heavy atom. The number of rotatable bonds is 8. The van der Waals surface area contributed by atoms with Crippen LogP contribution >= 0.6 is 0 Å². The molecule has 2 rings (SSSR count). The van der Waals surface area contributed by atoms with Crippen LogP contribution in [0.3, 0.4) is 0 Å². The number of piperidine rings is 1. The Kier molecular flexibility index (Phi) is 5.81. The zero-order valence-electron chi connectivity index (χ0n) is 13.3. The molecule has 2 fully saturated rings. The summed E-state index contributed by atoms with van der Waals surface area (Å²) >= 11 is 0. The van der Waals surface area contributed by atoms with E-state index in [9.17, 15) is 0 Å². The lowest BCUT2D eigenvalue weighted by Crippen LogP contribution is -2.65. The van der Waals surface area contributed by atoms with E-state index in [4.69, 9.17) is 15.2 Å². The fourth-order valence-corrected chi connectivity index (χ4v) is 4.20. The molecule has 2 aliphatic heterocycles. The van der Waals surface area contributed by atoms with Gasteiger partial charge in [0.1, 0.15) is 0 Å². The molecule has 2 aliphatic rings. The van der Waals surface area contributed by atoms with Crippen LogP contribution in [0, 0.1) is 5.92 Å². The molecule has 0 amide bonds. The third-order valence-electron chi connectivity index (χ3n) is 5.29. The van der Waals surface area contributed by atoms with E-state index in [0.29, 0.717) is 12.0 Å². The van der Waals surface area contributed by atoms with Crippen LogP contribution in [-0.2, 0) is 9.47 Å². The van der Waals surface area contributed by atoms with Crippen LogP contribution in [0.25, 0.3) is 0 Å². The smallest absolute Gasteiger partial charge is 0.0615 e. The van der Waals surface area contributed by atoms with Gasteiger partial charge >= 0.3 is 0 Å². The minimum absolute atomic E-state index is 0.128. The highest BCUT2D eigenvalue weighted by molar-refractivity contribution is 5.06. The number of hydrogen-bond acceptors (Lipinski definition) is 5. The molecule has 0 spiro atoms. The Morgan fingerprint density at radius 1 is 1.35 bits per heavy atom. The van der Waals surface area contributed by atoms with Gasteiger partial charge in [0.05, 0.1) is 13.2 Å². The molecule has 4 atom stereocenters. The fourth-order valence-electron chi connectivity index (χ4n) is 4.20. The Bertz CT molecular complexity index is 303. The summed E-state index contributed by atoms with van der Waals surface area (Å²) in [5.41, 5.74) is 6.42. The summed E-state index contributed by atoms with van der Waals surface area (Å²) in [5, 5.41) is 0. The third-order valence-corrected chi connectivity index (χ3v) is 5.29. The van der Waals surface area contributed by atoms with E-state index in [-0.39, 0.29) is 5.54 Å². The van der Waals surface area contributed by atoms with E-state index in [1.54, 1.807) is 14.2 Å². The van der Waals surface area contributed by atoms with Crippen LogP contribution in [0.2, 0.25) is 0 Å². The van der Waals surface area contributed by atoms with Gasteiger partial charge in [-0.1, -0.05) is 0 Å². The second-order valence-electron chi connectivity index (χ2n) is 6.33. The van der Waals surface area contributed by atoms with E-state index in [2.05, 4.69) is 16.7 Å². The maximum Gasteiger partial charge on any atom is 0.0615 e. The first-order chi connectivity index (χ1) is 9.67. The van der Waals surface area contributed by atoms with Crippen molar-refractivity contribution in [1.29, 1.82) is 0 Å². The number of fused-ring (bicyclic) bond motifs is 2. The highest BCUT2D eigenvalue weighted by Gasteiger charge is 2.49. The van der Waals surface area contributed by atoms with Crippen LogP contribution < -0.4 is 5.73 Å². The first-order valence-corrected chi connectivity index (χ1v) is 7.85. The number of hydrogen-bond donors (Lipinski definition) is 1. The minimum atomic E-state index is 0.128. The molecule has 0 saturated carbocycles. The van der Waals surface area contributed by atoms with Crippen LogP contribution in [0.1, 0.15) is 19.8 Å². The largest absolute Gasteiger partial charge is 0.383 e. The molecule has 5 heteroatoms. The molecule has 0 aliphatic carbocycles. The molecule has 4 unspecified atom stereocenters. The van der Waals surface area contributed by atoms with Crippen LogP contribution in [0.5, 0.6) is 0 Å². The maximum atomic E-state index is 6.29. The van der Waals surface area contributed by atoms with Gasteiger partial charge in [-0.25, -0.2) is 0 Å². The van der Waals surface area contributed by atoms with Gasteiger partial charge < -0.3 is 20.1 Å². The summed E-state index contributed by atoms with van der Waals surface area (Å²) in [6, 6.07) is 0.380. The monoisotopic (exact) mass is 285 g/mol.